The van der Waals surface area contributed by atoms with Gasteiger partial charge in [0, 0.05) is 16.1 Å². The van der Waals surface area contributed by atoms with Crippen molar-refractivity contribution in [1.82, 2.24) is 0 Å². The van der Waals surface area contributed by atoms with Crippen LogP contribution in [0.4, 0.5) is 5.69 Å². The lowest BCUT2D eigenvalue weighted by molar-refractivity contribution is -0.118. The number of amides is 1. The number of rotatable bonds is 7. The molecule has 0 saturated heterocycles. The predicted molar refractivity (Wildman–Crippen MR) is 121 cm³/mol. The Morgan fingerprint density at radius 3 is 2.43 bits per heavy atom. The molecule has 0 aromatic heterocycles. The molecular weight excluding hydrogens is 398 g/mol. The molecule has 3 rings (SSSR count). The normalized spacial score (nSPS) is 10.7. The van der Waals surface area contributed by atoms with Gasteiger partial charge in [0.05, 0.1) is 5.69 Å². The number of benzene rings is 3. The van der Waals surface area contributed by atoms with Crippen molar-refractivity contribution in [1.29, 1.82) is 0 Å². The van der Waals surface area contributed by atoms with Gasteiger partial charge in [-0.15, -0.1) is 0 Å². The molecule has 0 atom stereocenters. The molecule has 0 radical (unpaired) electrons. The largest absolute Gasteiger partial charge is 0.483 e. The fraction of sp³-hybridized carbons (Fsp3) is 0.200. The monoisotopic (exact) mass is 421 g/mol. The van der Waals surface area contributed by atoms with Gasteiger partial charge in [-0.25, -0.2) is 0 Å². The van der Waals surface area contributed by atoms with E-state index >= 15 is 0 Å². The Morgan fingerprint density at radius 1 is 1.00 bits per heavy atom. The third kappa shape index (κ3) is 5.28. The molecule has 1 amide bonds. The third-order valence-electron chi connectivity index (χ3n) is 4.69. The first-order chi connectivity index (χ1) is 14.3. The van der Waals surface area contributed by atoms with Crippen molar-refractivity contribution < 1.29 is 14.3 Å². The summed E-state index contributed by atoms with van der Waals surface area (Å²) in [6, 6.07) is 19.7. The molecule has 0 heterocycles. The van der Waals surface area contributed by atoms with Crippen LogP contribution in [0.15, 0.2) is 66.7 Å². The summed E-state index contributed by atoms with van der Waals surface area (Å²) in [6.45, 7) is 5.97. The highest BCUT2D eigenvalue weighted by Gasteiger charge is 2.17. The summed E-state index contributed by atoms with van der Waals surface area (Å²) in [5.74, 6) is 0.401. The molecule has 3 aromatic rings. The van der Waals surface area contributed by atoms with E-state index in [-0.39, 0.29) is 24.2 Å². The van der Waals surface area contributed by atoms with Crippen LogP contribution in [-0.4, -0.2) is 18.3 Å². The van der Waals surface area contributed by atoms with E-state index in [1.807, 2.05) is 31.2 Å². The zero-order valence-electron chi connectivity index (χ0n) is 17.2. The minimum absolute atomic E-state index is 0.162. The summed E-state index contributed by atoms with van der Waals surface area (Å²) in [5.41, 5.74) is 3.35. The topological polar surface area (TPSA) is 55.4 Å². The maximum absolute atomic E-state index is 12.9. The average molecular weight is 422 g/mol. The molecule has 0 saturated carbocycles. The standard InChI is InChI=1S/C25H24ClNO3/c1-16(2)20-11-9-17(3)13-23(20)30-15-24(28)27-22-12-10-19(26)14-21(22)25(29)18-7-5-4-6-8-18/h4-14,16H,15H2,1-3H3,(H,27,28). The van der Waals surface area contributed by atoms with Crippen molar-refractivity contribution in [3.8, 4) is 5.75 Å². The van der Waals surface area contributed by atoms with Gasteiger partial charge in [0.2, 0.25) is 0 Å². The number of carbonyl (C=O) groups is 2. The molecule has 0 spiro atoms. The summed E-state index contributed by atoms with van der Waals surface area (Å²) in [6.07, 6.45) is 0. The molecular formula is C25H24ClNO3. The molecule has 0 unspecified atom stereocenters. The highest BCUT2D eigenvalue weighted by molar-refractivity contribution is 6.31. The average Bonchev–Trinajstić information content (AvgIpc) is 2.73. The highest BCUT2D eigenvalue weighted by atomic mass is 35.5. The molecule has 3 aromatic carbocycles. The number of ether oxygens (including phenoxy) is 1. The molecule has 0 aliphatic heterocycles. The third-order valence-corrected chi connectivity index (χ3v) is 4.92. The molecule has 0 bridgehead atoms. The predicted octanol–water partition coefficient (Wildman–Crippen LogP) is 6.02. The van der Waals surface area contributed by atoms with Gasteiger partial charge in [-0.1, -0.05) is 67.9 Å². The second kappa shape index (κ2) is 9.59. The van der Waals surface area contributed by atoms with Crippen LogP contribution < -0.4 is 10.1 Å². The minimum Gasteiger partial charge on any atom is -0.483 e. The molecule has 4 nitrogen and oxygen atoms in total. The van der Waals surface area contributed by atoms with Crippen molar-refractivity contribution in [2.75, 3.05) is 11.9 Å². The van der Waals surface area contributed by atoms with Crippen LogP contribution in [0.1, 0.15) is 46.8 Å². The number of ketones is 1. The second-order valence-electron chi connectivity index (χ2n) is 7.42. The van der Waals surface area contributed by atoms with E-state index in [2.05, 4.69) is 19.2 Å². The maximum atomic E-state index is 12.9. The summed E-state index contributed by atoms with van der Waals surface area (Å²) in [5, 5.41) is 3.20. The lowest BCUT2D eigenvalue weighted by Crippen LogP contribution is -2.22. The van der Waals surface area contributed by atoms with E-state index < -0.39 is 0 Å². The number of carbonyl (C=O) groups excluding carboxylic acids is 2. The quantitative estimate of drug-likeness (QED) is 0.474. The summed E-state index contributed by atoms with van der Waals surface area (Å²) in [7, 11) is 0. The Morgan fingerprint density at radius 2 is 1.73 bits per heavy atom. The summed E-state index contributed by atoms with van der Waals surface area (Å²) < 4.78 is 5.80. The molecule has 0 aliphatic rings. The summed E-state index contributed by atoms with van der Waals surface area (Å²) in [4.78, 5) is 25.5. The van der Waals surface area contributed by atoms with Gasteiger partial charge in [-0.05, 0) is 48.2 Å². The van der Waals surface area contributed by atoms with E-state index in [0.717, 1.165) is 11.1 Å². The van der Waals surface area contributed by atoms with Crippen LogP contribution in [0.25, 0.3) is 0 Å². The Kier molecular flexibility index (Phi) is 6.91. The minimum atomic E-state index is -0.351. The van der Waals surface area contributed by atoms with Crippen molar-refractivity contribution in [3.05, 3.63) is 94.0 Å². The SMILES string of the molecule is Cc1ccc(C(C)C)c(OCC(=O)Nc2ccc(Cl)cc2C(=O)c2ccccc2)c1. The van der Waals surface area contributed by atoms with Gasteiger partial charge in [-0.2, -0.15) is 0 Å². The smallest absolute Gasteiger partial charge is 0.262 e. The van der Waals surface area contributed by atoms with Crippen LogP contribution in [0.3, 0.4) is 0 Å². The molecule has 1 N–H and O–H groups in total. The first kappa shape index (κ1) is 21.6. The van der Waals surface area contributed by atoms with Crippen LogP contribution in [0, 0.1) is 6.92 Å². The first-order valence-electron chi connectivity index (χ1n) is 9.77. The van der Waals surface area contributed by atoms with Gasteiger partial charge < -0.3 is 10.1 Å². The van der Waals surface area contributed by atoms with Gasteiger partial charge in [0.15, 0.2) is 12.4 Å². The number of aryl methyl sites for hydroxylation is 1. The zero-order valence-corrected chi connectivity index (χ0v) is 18.0. The molecule has 30 heavy (non-hydrogen) atoms. The van der Waals surface area contributed by atoms with E-state index in [1.165, 1.54) is 0 Å². The fourth-order valence-electron chi connectivity index (χ4n) is 3.13. The highest BCUT2D eigenvalue weighted by Crippen LogP contribution is 2.28. The lowest BCUT2D eigenvalue weighted by atomic mass is 10.0. The van der Waals surface area contributed by atoms with Gasteiger partial charge in [0.1, 0.15) is 5.75 Å². The molecule has 0 fully saturated rings. The Bertz CT molecular complexity index is 1060. The Balaban J connectivity index is 1.77. The van der Waals surface area contributed by atoms with Gasteiger partial charge in [0.25, 0.3) is 5.91 Å². The number of halogens is 1. The number of hydrogen-bond acceptors (Lipinski definition) is 3. The van der Waals surface area contributed by atoms with E-state index in [0.29, 0.717) is 27.6 Å². The van der Waals surface area contributed by atoms with Crippen molar-refractivity contribution in [3.63, 3.8) is 0 Å². The first-order valence-corrected chi connectivity index (χ1v) is 10.2. The number of hydrogen-bond donors (Lipinski definition) is 1. The van der Waals surface area contributed by atoms with Gasteiger partial charge >= 0.3 is 0 Å². The van der Waals surface area contributed by atoms with E-state index in [4.69, 9.17) is 16.3 Å². The van der Waals surface area contributed by atoms with Crippen molar-refractivity contribution in [2.24, 2.45) is 0 Å². The zero-order chi connectivity index (χ0) is 21.7. The van der Waals surface area contributed by atoms with Gasteiger partial charge in [-0.3, -0.25) is 9.59 Å². The molecule has 5 heteroatoms. The number of nitrogens with one attached hydrogen (secondary N) is 1. The van der Waals surface area contributed by atoms with Crippen LogP contribution in [0.5, 0.6) is 5.75 Å². The van der Waals surface area contributed by atoms with E-state index in [9.17, 15) is 9.59 Å². The van der Waals surface area contributed by atoms with Crippen LogP contribution >= 0.6 is 11.6 Å². The second-order valence-corrected chi connectivity index (χ2v) is 7.85. The molecule has 154 valence electrons. The van der Waals surface area contributed by atoms with Crippen LogP contribution in [-0.2, 0) is 4.79 Å². The lowest BCUT2D eigenvalue weighted by Gasteiger charge is -2.15. The Hall–Kier alpha value is -3.11. The van der Waals surface area contributed by atoms with Crippen molar-refractivity contribution >= 4 is 29.0 Å². The summed E-state index contributed by atoms with van der Waals surface area (Å²) >= 11 is 6.10. The molecule has 0 aliphatic carbocycles. The van der Waals surface area contributed by atoms with Crippen LogP contribution in [0.2, 0.25) is 5.02 Å². The van der Waals surface area contributed by atoms with E-state index in [1.54, 1.807) is 42.5 Å². The number of anilines is 1. The van der Waals surface area contributed by atoms with Crippen molar-refractivity contribution in [2.45, 2.75) is 26.7 Å². The maximum Gasteiger partial charge on any atom is 0.262 e. The fourth-order valence-corrected chi connectivity index (χ4v) is 3.30. The Labute approximate surface area is 181 Å².